The second-order valence-electron chi connectivity index (χ2n) is 5.73. The van der Waals surface area contributed by atoms with Crippen LogP contribution in [0.2, 0.25) is 0 Å². The maximum atomic E-state index is 12.2. The van der Waals surface area contributed by atoms with Crippen molar-refractivity contribution in [2.45, 2.75) is 42.8 Å². The molecule has 2 rings (SSSR count). The Morgan fingerprint density at radius 1 is 1.48 bits per heavy atom. The van der Waals surface area contributed by atoms with Gasteiger partial charge in [-0.15, -0.1) is 10.2 Å². The van der Waals surface area contributed by atoms with E-state index in [2.05, 4.69) is 20.8 Å². The SMILES string of the molecule is C[C@@H](Sc1nnc(NC(C)(C)C)s1)C(=O)N1CCNC1=O. The Labute approximate surface area is 131 Å². The van der Waals surface area contributed by atoms with Gasteiger partial charge in [-0.3, -0.25) is 9.69 Å². The molecule has 1 aliphatic heterocycles. The zero-order valence-electron chi connectivity index (χ0n) is 12.5. The quantitative estimate of drug-likeness (QED) is 0.819. The number of carbonyl (C=O) groups excluding carboxylic acids is 2. The Morgan fingerprint density at radius 2 is 2.19 bits per heavy atom. The van der Waals surface area contributed by atoms with E-state index in [9.17, 15) is 9.59 Å². The van der Waals surface area contributed by atoms with Gasteiger partial charge in [0.25, 0.3) is 0 Å². The molecule has 0 unspecified atom stereocenters. The minimum absolute atomic E-state index is 0.0868. The van der Waals surface area contributed by atoms with Gasteiger partial charge in [-0.1, -0.05) is 23.1 Å². The molecule has 21 heavy (non-hydrogen) atoms. The van der Waals surface area contributed by atoms with Crippen LogP contribution in [0.5, 0.6) is 0 Å². The van der Waals surface area contributed by atoms with Crippen LogP contribution in [0, 0.1) is 0 Å². The molecule has 0 aromatic carbocycles. The molecule has 2 heterocycles. The summed E-state index contributed by atoms with van der Waals surface area (Å²) in [6.45, 7) is 8.84. The van der Waals surface area contributed by atoms with Gasteiger partial charge in [-0.2, -0.15) is 0 Å². The molecule has 1 aliphatic rings. The average Bonchev–Trinajstić information content (AvgIpc) is 2.95. The lowest BCUT2D eigenvalue weighted by Crippen LogP contribution is -2.38. The fourth-order valence-corrected chi connectivity index (χ4v) is 3.90. The van der Waals surface area contributed by atoms with E-state index >= 15 is 0 Å². The van der Waals surface area contributed by atoms with E-state index in [-0.39, 0.29) is 22.7 Å². The summed E-state index contributed by atoms with van der Waals surface area (Å²) in [6, 6.07) is -0.320. The number of anilines is 1. The topological polar surface area (TPSA) is 87.2 Å². The highest BCUT2D eigenvalue weighted by molar-refractivity contribution is 8.02. The van der Waals surface area contributed by atoms with E-state index in [0.29, 0.717) is 17.4 Å². The van der Waals surface area contributed by atoms with E-state index in [4.69, 9.17) is 0 Å². The van der Waals surface area contributed by atoms with Crippen LogP contribution < -0.4 is 10.6 Å². The molecule has 7 nitrogen and oxygen atoms in total. The Hall–Kier alpha value is -1.35. The number of rotatable bonds is 4. The molecule has 0 aliphatic carbocycles. The molecule has 1 saturated heterocycles. The van der Waals surface area contributed by atoms with Gasteiger partial charge in [0.2, 0.25) is 11.0 Å². The van der Waals surface area contributed by atoms with Crippen LogP contribution >= 0.6 is 23.1 Å². The van der Waals surface area contributed by atoms with Gasteiger partial charge in [0.1, 0.15) is 0 Å². The second kappa shape index (κ2) is 6.18. The first-order chi connectivity index (χ1) is 9.76. The van der Waals surface area contributed by atoms with Gasteiger partial charge in [-0.05, 0) is 27.7 Å². The summed E-state index contributed by atoms with van der Waals surface area (Å²) in [7, 11) is 0. The standard InChI is InChI=1S/C12H19N5O2S2/c1-7(8(18)17-6-5-13-10(17)19)20-11-16-15-9(21-11)14-12(2,3)4/h7H,5-6H2,1-4H3,(H,13,19)(H,14,15)/t7-/m1/s1. The number of aromatic nitrogens is 2. The number of hydrogen-bond acceptors (Lipinski definition) is 7. The number of nitrogens with one attached hydrogen (secondary N) is 2. The first kappa shape index (κ1) is 16.0. The average molecular weight is 329 g/mol. The second-order valence-corrected chi connectivity index (χ2v) is 8.30. The predicted molar refractivity (Wildman–Crippen MR) is 83.7 cm³/mol. The molecule has 1 fully saturated rings. The van der Waals surface area contributed by atoms with Crippen LogP contribution in [0.1, 0.15) is 27.7 Å². The van der Waals surface area contributed by atoms with Crippen molar-refractivity contribution in [3.63, 3.8) is 0 Å². The van der Waals surface area contributed by atoms with Crippen LogP contribution in [0.25, 0.3) is 0 Å². The van der Waals surface area contributed by atoms with Crippen molar-refractivity contribution >= 4 is 40.2 Å². The normalized spacial score (nSPS) is 16.8. The molecule has 0 radical (unpaired) electrons. The van der Waals surface area contributed by atoms with Crippen LogP contribution in [0.15, 0.2) is 4.34 Å². The van der Waals surface area contributed by atoms with E-state index in [1.807, 2.05) is 20.8 Å². The molecule has 0 saturated carbocycles. The van der Waals surface area contributed by atoms with Gasteiger partial charge in [0.05, 0.1) is 5.25 Å². The van der Waals surface area contributed by atoms with Crippen molar-refractivity contribution in [3.05, 3.63) is 0 Å². The highest BCUT2D eigenvalue weighted by Crippen LogP contribution is 2.30. The van der Waals surface area contributed by atoms with Gasteiger partial charge >= 0.3 is 6.03 Å². The summed E-state index contributed by atoms with van der Waals surface area (Å²) in [4.78, 5) is 24.9. The molecule has 1 atom stereocenters. The van der Waals surface area contributed by atoms with Crippen LogP contribution in [0.3, 0.4) is 0 Å². The van der Waals surface area contributed by atoms with Gasteiger partial charge in [0.15, 0.2) is 4.34 Å². The molecule has 3 amide bonds. The maximum Gasteiger partial charge on any atom is 0.324 e. The van der Waals surface area contributed by atoms with Crippen LogP contribution in [0.4, 0.5) is 9.93 Å². The third kappa shape index (κ3) is 4.31. The number of imide groups is 1. The van der Waals surface area contributed by atoms with Crippen LogP contribution in [-0.2, 0) is 4.79 Å². The summed E-state index contributed by atoms with van der Waals surface area (Å²) in [6.07, 6.45) is 0. The molecule has 1 aromatic heterocycles. The molecule has 116 valence electrons. The third-order valence-corrected chi connectivity index (χ3v) is 4.65. The smallest absolute Gasteiger partial charge is 0.324 e. The maximum absolute atomic E-state index is 12.2. The molecule has 0 bridgehead atoms. The largest absolute Gasteiger partial charge is 0.355 e. The zero-order chi connectivity index (χ0) is 15.6. The van der Waals surface area contributed by atoms with Crippen molar-refractivity contribution in [2.75, 3.05) is 18.4 Å². The van der Waals surface area contributed by atoms with E-state index in [1.54, 1.807) is 6.92 Å². The Bertz CT molecular complexity index is 540. The monoisotopic (exact) mass is 329 g/mol. The lowest BCUT2D eigenvalue weighted by atomic mass is 10.1. The van der Waals surface area contributed by atoms with Crippen molar-refractivity contribution < 1.29 is 9.59 Å². The van der Waals surface area contributed by atoms with Gasteiger partial charge in [-0.25, -0.2) is 4.79 Å². The third-order valence-electron chi connectivity index (χ3n) is 2.64. The Kier molecular flexibility index (Phi) is 4.72. The minimum atomic E-state index is -0.371. The lowest BCUT2D eigenvalue weighted by molar-refractivity contribution is -0.126. The summed E-state index contributed by atoms with van der Waals surface area (Å²) < 4.78 is 0.710. The number of thioether (sulfide) groups is 1. The lowest BCUT2D eigenvalue weighted by Gasteiger charge is -2.18. The Morgan fingerprint density at radius 3 is 2.76 bits per heavy atom. The molecular weight excluding hydrogens is 310 g/mol. The van der Waals surface area contributed by atoms with E-state index in [0.717, 1.165) is 5.13 Å². The van der Waals surface area contributed by atoms with E-state index in [1.165, 1.54) is 28.0 Å². The number of nitrogens with zero attached hydrogens (tertiary/aromatic N) is 3. The van der Waals surface area contributed by atoms with E-state index < -0.39 is 0 Å². The molecule has 0 spiro atoms. The van der Waals surface area contributed by atoms with Crippen LogP contribution in [-0.4, -0.2) is 50.9 Å². The molecule has 2 N–H and O–H groups in total. The first-order valence-electron chi connectivity index (χ1n) is 6.64. The fourth-order valence-electron chi connectivity index (χ4n) is 1.73. The minimum Gasteiger partial charge on any atom is -0.355 e. The Balaban J connectivity index is 1.95. The number of amides is 3. The first-order valence-corrected chi connectivity index (χ1v) is 8.33. The number of carbonyl (C=O) groups is 2. The van der Waals surface area contributed by atoms with Gasteiger partial charge < -0.3 is 10.6 Å². The number of hydrogen-bond donors (Lipinski definition) is 2. The predicted octanol–water partition coefficient (Wildman–Crippen LogP) is 1.78. The fraction of sp³-hybridized carbons (Fsp3) is 0.667. The van der Waals surface area contributed by atoms with Crippen molar-refractivity contribution in [2.24, 2.45) is 0 Å². The highest BCUT2D eigenvalue weighted by Gasteiger charge is 2.30. The summed E-state index contributed by atoms with van der Waals surface area (Å²) in [5.74, 6) is -0.199. The number of urea groups is 1. The molecule has 1 aromatic rings. The summed E-state index contributed by atoms with van der Waals surface area (Å²) >= 11 is 2.73. The molecule has 9 heteroatoms. The van der Waals surface area contributed by atoms with Gasteiger partial charge in [0, 0.05) is 18.6 Å². The van der Waals surface area contributed by atoms with Crippen molar-refractivity contribution in [1.29, 1.82) is 0 Å². The van der Waals surface area contributed by atoms with Crippen molar-refractivity contribution in [1.82, 2.24) is 20.4 Å². The summed E-state index contributed by atoms with van der Waals surface area (Å²) in [5, 5.41) is 14.3. The zero-order valence-corrected chi connectivity index (χ0v) is 14.1. The summed E-state index contributed by atoms with van der Waals surface area (Å²) in [5.41, 5.74) is -0.0868. The highest BCUT2D eigenvalue weighted by atomic mass is 32.2. The van der Waals surface area contributed by atoms with Crippen molar-refractivity contribution in [3.8, 4) is 0 Å². The molecular formula is C12H19N5O2S2.